The van der Waals surface area contributed by atoms with Crippen molar-refractivity contribution in [1.82, 2.24) is 14.8 Å². The standard InChI is InChI=1S/C22H27FN4O3S/c1-14(2)19-9-17(23)10-20(15(19)3)16-6-7-25-21(8-16)30-13-22(4,5)27-12-18(11-26-27)31(24,28)29/h6-12,14H,13H2,1-5H3,(H2,24,28,29). The number of sulfonamides is 1. The molecule has 9 heteroatoms. The molecule has 0 spiro atoms. The van der Waals surface area contributed by atoms with E-state index in [0.717, 1.165) is 22.3 Å². The summed E-state index contributed by atoms with van der Waals surface area (Å²) in [4.78, 5) is 4.19. The number of halogens is 1. The predicted octanol–water partition coefficient (Wildman–Crippen LogP) is 3.98. The highest BCUT2D eigenvalue weighted by Gasteiger charge is 2.25. The van der Waals surface area contributed by atoms with Gasteiger partial charge in [0, 0.05) is 18.5 Å². The molecule has 0 fully saturated rings. The molecule has 0 atom stereocenters. The average Bonchev–Trinajstić information content (AvgIpc) is 3.20. The number of nitrogens with zero attached hydrogens (tertiary/aromatic N) is 3. The second-order valence-corrected chi connectivity index (χ2v) is 10.0. The fraction of sp³-hybridized carbons (Fsp3) is 0.364. The number of ether oxygens (including phenoxy) is 1. The molecule has 166 valence electrons. The van der Waals surface area contributed by atoms with E-state index < -0.39 is 15.6 Å². The van der Waals surface area contributed by atoms with Crippen LogP contribution in [0.15, 0.2) is 47.8 Å². The first-order valence-corrected chi connectivity index (χ1v) is 11.4. The Balaban J connectivity index is 1.84. The smallest absolute Gasteiger partial charge is 0.241 e. The molecule has 2 N–H and O–H groups in total. The van der Waals surface area contributed by atoms with Crippen LogP contribution in [0.3, 0.4) is 0 Å². The molecule has 0 amide bonds. The summed E-state index contributed by atoms with van der Waals surface area (Å²) in [5, 5.41) is 9.25. The summed E-state index contributed by atoms with van der Waals surface area (Å²) in [5.74, 6) is 0.289. The lowest BCUT2D eigenvalue weighted by Gasteiger charge is -2.25. The van der Waals surface area contributed by atoms with Crippen molar-refractivity contribution < 1.29 is 17.5 Å². The van der Waals surface area contributed by atoms with Gasteiger partial charge in [0.1, 0.15) is 17.3 Å². The maximum absolute atomic E-state index is 14.2. The van der Waals surface area contributed by atoms with Gasteiger partial charge in [-0.05, 0) is 67.1 Å². The van der Waals surface area contributed by atoms with Crippen molar-refractivity contribution in [2.45, 2.75) is 51.0 Å². The lowest BCUT2D eigenvalue weighted by molar-refractivity contribution is 0.165. The summed E-state index contributed by atoms with van der Waals surface area (Å²) >= 11 is 0. The second kappa shape index (κ2) is 8.39. The van der Waals surface area contributed by atoms with E-state index >= 15 is 0 Å². The Morgan fingerprint density at radius 1 is 1.26 bits per heavy atom. The summed E-state index contributed by atoms with van der Waals surface area (Å²) in [7, 11) is -3.83. The van der Waals surface area contributed by atoms with Gasteiger partial charge in [-0.2, -0.15) is 5.10 Å². The normalized spacial score (nSPS) is 12.4. The third-order valence-electron chi connectivity index (χ3n) is 5.16. The Labute approximate surface area is 182 Å². The van der Waals surface area contributed by atoms with Gasteiger partial charge in [-0.25, -0.2) is 22.9 Å². The topological polar surface area (TPSA) is 100 Å². The molecule has 0 unspecified atom stereocenters. The highest BCUT2D eigenvalue weighted by atomic mass is 32.2. The summed E-state index contributed by atoms with van der Waals surface area (Å²) in [6.07, 6.45) is 4.19. The number of pyridine rings is 1. The van der Waals surface area contributed by atoms with E-state index in [-0.39, 0.29) is 23.2 Å². The fourth-order valence-corrected chi connectivity index (χ4v) is 3.80. The molecule has 3 aromatic rings. The van der Waals surface area contributed by atoms with E-state index in [4.69, 9.17) is 9.88 Å². The maximum atomic E-state index is 14.2. The average molecular weight is 447 g/mol. The second-order valence-electron chi connectivity index (χ2n) is 8.47. The van der Waals surface area contributed by atoms with Gasteiger partial charge in [-0.15, -0.1) is 0 Å². The fourth-order valence-electron chi connectivity index (χ4n) is 3.36. The zero-order valence-corrected chi connectivity index (χ0v) is 19.1. The van der Waals surface area contributed by atoms with Gasteiger partial charge in [-0.3, -0.25) is 4.68 Å². The molecular weight excluding hydrogens is 419 g/mol. The van der Waals surface area contributed by atoms with Gasteiger partial charge in [0.15, 0.2) is 0 Å². The summed E-state index contributed by atoms with van der Waals surface area (Å²) in [6, 6.07) is 6.67. The van der Waals surface area contributed by atoms with E-state index in [9.17, 15) is 12.8 Å². The van der Waals surface area contributed by atoms with E-state index in [2.05, 4.69) is 10.1 Å². The van der Waals surface area contributed by atoms with Crippen LogP contribution >= 0.6 is 0 Å². The zero-order valence-electron chi connectivity index (χ0n) is 18.3. The van der Waals surface area contributed by atoms with Crippen molar-refractivity contribution in [2.24, 2.45) is 5.14 Å². The number of aromatic nitrogens is 3. The van der Waals surface area contributed by atoms with Crippen LogP contribution in [0, 0.1) is 12.7 Å². The molecule has 0 aliphatic heterocycles. The third-order valence-corrected chi connectivity index (χ3v) is 6.03. The number of primary sulfonamides is 1. The molecule has 0 bridgehead atoms. The van der Waals surface area contributed by atoms with Gasteiger partial charge in [0.2, 0.25) is 15.9 Å². The van der Waals surface area contributed by atoms with E-state index in [1.807, 2.05) is 40.7 Å². The minimum absolute atomic E-state index is 0.0665. The molecule has 2 heterocycles. The molecule has 3 rings (SSSR count). The number of rotatable bonds is 7. The van der Waals surface area contributed by atoms with Crippen LogP contribution in [0.1, 0.15) is 44.7 Å². The van der Waals surface area contributed by atoms with Gasteiger partial charge >= 0.3 is 0 Å². The van der Waals surface area contributed by atoms with E-state index in [0.29, 0.717) is 5.88 Å². The molecule has 0 aliphatic rings. The van der Waals surface area contributed by atoms with Gasteiger partial charge in [0.05, 0.1) is 11.7 Å². The van der Waals surface area contributed by atoms with Crippen molar-refractivity contribution in [1.29, 1.82) is 0 Å². The summed E-state index contributed by atoms with van der Waals surface area (Å²) in [6.45, 7) is 9.92. The Morgan fingerprint density at radius 2 is 1.97 bits per heavy atom. The Morgan fingerprint density at radius 3 is 2.58 bits per heavy atom. The quantitative estimate of drug-likeness (QED) is 0.592. The van der Waals surface area contributed by atoms with Crippen LogP contribution in [0.2, 0.25) is 0 Å². The van der Waals surface area contributed by atoms with Crippen LogP contribution in [-0.4, -0.2) is 29.8 Å². The Kier molecular flexibility index (Phi) is 6.20. The molecule has 0 saturated carbocycles. The molecule has 1 aromatic carbocycles. The number of benzene rings is 1. The molecule has 0 aliphatic carbocycles. The van der Waals surface area contributed by atoms with Crippen molar-refractivity contribution >= 4 is 10.0 Å². The summed E-state index contributed by atoms with van der Waals surface area (Å²) < 4.78 is 44.6. The lowest BCUT2D eigenvalue weighted by Crippen LogP contribution is -2.34. The van der Waals surface area contributed by atoms with Crippen LogP contribution in [0.4, 0.5) is 4.39 Å². The number of hydrogen-bond donors (Lipinski definition) is 1. The monoisotopic (exact) mass is 446 g/mol. The summed E-state index contributed by atoms with van der Waals surface area (Å²) in [5.41, 5.74) is 2.90. The Bertz CT molecular complexity index is 1200. The third kappa shape index (κ3) is 5.11. The first-order valence-electron chi connectivity index (χ1n) is 9.86. The molecule has 0 radical (unpaired) electrons. The van der Waals surface area contributed by atoms with Crippen LogP contribution in [-0.2, 0) is 15.6 Å². The molecule has 2 aromatic heterocycles. The minimum Gasteiger partial charge on any atom is -0.475 e. The van der Waals surface area contributed by atoms with Crippen LogP contribution < -0.4 is 9.88 Å². The molecule has 7 nitrogen and oxygen atoms in total. The van der Waals surface area contributed by atoms with Gasteiger partial charge in [-0.1, -0.05) is 13.8 Å². The Hall–Kier alpha value is -2.78. The maximum Gasteiger partial charge on any atom is 0.241 e. The highest BCUT2D eigenvalue weighted by Crippen LogP contribution is 2.32. The van der Waals surface area contributed by atoms with Crippen molar-refractivity contribution in [2.75, 3.05) is 6.61 Å². The SMILES string of the molecule is Cc1c(-c2ccnc(OCC(C)(C)n3cc(S(N)(=O)=O)cn3)c2)cc(F)cc1C(C)C. The van der Waals surface area contributed by atoms with Gasteiger partial charge in [0.25, 0.3) is 0 Å². The first kappa shape index (κ1) is 22.9. The van der Waals surface area contributed by atoms with Crippen LogP contribution in [0.5, 0.6) is 5.88 Å². The van der Waals surface area contributed by atoms with Crippen molar-refractivity contribution in [3.8, 4) is 17.0 Å². The molecular formula is C22H27FN4O3S. The molecule has 31 heavy (non-hydrogen) atoms. The van der Waals surface area contributed by atoms with E-state index in [1.54, 1.807) is 18.3 Å². The number of nitrogens with two attached hydrogens (primary N) is 1. The van der Waals surface area contributed by atoms with Crippen molar-refractivity contribution in [3.63, 3.8) is 0 Å². The molecule has 0 saturated heterocycles. The highest BCUT2D eigenvalue weighted by molar-refractivity contribution is 7.89. The van der Waals surface area contributed by atoms with Gasteiger partial charge < -0.3 is 4.74 Å². The number of hydrogen-bond acceptors (Lipinski definition) is 5. The van der Waals surface area contributed by atoms with Crippen LogP contribution in [0.25, 0.3) is 11.1 Å². The zero-order chi connectivity index (χ0) is 23.0. The van der Waals surface area contributed by atoms with Crippen molar-refractivity contribution in [3.05, 3.63) is 59.8 Å². The minimum atomic E-state index is -3.83. The first-order chi connectivity index (χ1) is 14.4. The predicted molar refractivity (Wildman–Crippen MR) is 117 cm³/mol. The van der Waals surface area contributed by atoms with E-state index in [1.165, 1.54) is 23.1 Å². The largest absolute Gasteiger partial charge is 0.475 e. The lowest BCUT2D eigenvalue weighted by atomic mass is 9.91.